The van der Waals surface area contributed by atoms with Gasteiger partial charge in [0.15, 0.2) is 27.9 Å². The topological polar surface area (TPSA) is 108 Å². The number of nitrogens with one attached hydrogen (secondary N) is 1. The smallest absolute Gasteiger partial charge is 0.338 e. The van der Waals surface area contributed by atoms with Crippen LogP contribution in [0.3, 0.4) is 0 Å². The number of rotatable bonds is 5. The van der Waals surface area contributed by atoms with Crippen molar-refractivity contribution >= 4 is 39.0 Å². The van der Waals surface area contributed by atoms with Gasteiger partial charge in [0.2, 0.25) is 0 Å². The molecule has 1 saturated carbocycles. The third kappa shape index (κ3) is 4.83. The number of halogens is 1. The molecule has 1 heterocycles. The lowest BCUT2D eigenvalue weighted by Gasteiger charge is -2.31. The van der Waals surface area contributed by atoms with Gasteiger partial charge in [0.05, 0.1) is 15.5 Å². The monoisotopic (exact) mass is 479 g/mol. The van der Waals surface area contributed by atoms with E-state index < -0.39 is 34.1 Å². The first-order valence-electron chi connectivity index (χ1n) is 10.1. The first kappa shape index (κ1) is 22.4. The highest BCUT2D eigenvalue weighted by Gasteiger charge is 2.42. The highest BCUT2D eigenvalue weighted by Crippen LogP contribution is 2.46. The second-order valence-corrected chi connectivity index (χ2v) is 10.3. The van der Waals surface area contributed by atoms with Gasteiger partial charge in [0.25, 0.3) is 11.7 Å². The number of sulfone groups is 1. The van der Waals surface area contributed by atoms with Crippen LogP contribution < -0.4 is 14.8 Å². The average Bonchev–Trinajstić information content (AvgIpc) is 3.08. The minimum atomic E-state index is -3.62. The standard InChI is InChI=1S/C22H22ClNO7S/c1-32(27,28)19-11-14(5-7-16(19)23)21(26)29-13-20(25)24-15-6-8-17-18(12-15)31-22(30-17)9-3-2-4-10-22/h5-8,11-12H,2-4,9-10,13H2,1H3,(H,24,25). The van der Waals surface area contributed by atoms with Crippen molar-refractivity contribution in [2.75, 3.05) is 18.2 Å². The van der Waals surface area contributed by atoms with Gasteiger partial charge < -0.3 is 19.5 Å². The molecule has 1 fully saturated rings. The predicted molar refractivity (Wildman–Crippen MR) is 117 cm³/mol. The number of carbonyl (C=O) groups excluding carboxylic acids is 2. The Bertz CT molecular complexity index is 1170. The summed E-state index contributed by atoms with van der Waals surface area (Å²) >= 11 is 5.88. The summed E-state index contributed by atoms with van der Waals surface area (Å²) in [6.45, 7) is -0.548. The maximum Gasteiger partial charge on any atom is 0.338 e. The molecule has 1 aliphatic carbocycles. The molecular weight excluding hydrogens is 458 g/mol. The van der Waals surface area contributed by atoms with E-state index in [-0.39, 0.29) is 15.5 Å². The quantitative estimate of drug-likeness (QED) is 0.646. The van der Waals surface area contributed by atoms with Gasteiger partial charge in [-0.05, 0) is 43.2 Å². The van der Waals surface area contributed by atoms with Crippen molar-refractivity contribution in [2.45, 2.75) is 42.8 Å². The first-order valence-corrected chi connectivity index (χ1v) is 12.4. The fourth-order valence-corrected chi connectivity index (χ4v) is 5.09. The van der Waals surface area contributed by atoms with E-state index in [0.717, 1.165) is 44.4 Å². The van der Waals surface area contributed by atoms with E-state index in [2.05, 4.69) is 5.32 Å². The second-order valence-electron chi connectivity index (χ2n) is 7.88. The van der Waals surface area contributed by atoms with Crippen molar-refractivity contribution in [1.29, 1.82) is 0 Å². The van der Waals surface area contributed by atoms with Crippen LogP contribution in [-0.4, -0.2) is 38.9 Å². The summed E-state index contributed by atoms with van der Waals surface area (Å²) in [4.78, 5) is 24.3. The molecule has 1 aliphatic heterocycles. The number of amides is 1. The zero-order valence-electron chi connectivity index (χ0n) is 17.4. The lowest BCUT2D eigenvalue weighted by molar-refractivity contribution is -0.119. The number of ether oxygens (including phenoxy) is 3. The molecule has 1 amide bonds. The Balaban J connectivity index is 1.35. The van der Waals surface area contributed by atoms with Crippen molar-refractivity contribution in [2.24, 2.45) is 0 Å². The number of esters is 1. The molecule has 0 atom stereocenters. The predicted octanol–water partition coefficient (Wildman–Crippen LogP) is 3.97. The fourth-order valence-electron chi connectivity index (χ4n) is 3.79. The number of carbonyl (C=O) groups is 2. The average molecular weight is 480 g/mol. The number of hydrogen-bond acceptors (Lipinski definition) is 7. The van der Waals surface area contributed by atoms with Crippen LogP contribution in [0.4, 0.5) is 5.69 Å². The molecule has 2 aromatic carbocycles. The van der Waals surface area contributed by atoms with E-state index in [9.17, 15) is 18.0 Å². The van der Waals surface area contributed by atoms with Gasteiger partial charge in [-0.2, -0.15) is 0 Å². The van der Waals surface area contributed by atoms with Gasteiger partial charge >= 0.3 is 5.97 Å². The zero-order chi connectivity index (χ0) is 22.9. The highest BCUT2D eigenvalue weighted by atomic mass is 35.5. The lowest BCUT2D eigenvalue weighted by atomic mass is 9.94. The molecule has 0 radical (unpaired) electrons. The molecule has 0 aromatic heterocycles. The Morgan fingerprint density at radius 2 is 1.78 bits per heavy atom. The summed E-state index contributed by atoms with van der Waals surface area (Å²) < 4.78 is 40.6. The summed E-state index contributed by atoms with van der Waals surface area (Å²) in [5, 5.41) is 2.65. The molecule has 8 nitrogen and oxygen atoms in total. The molecule has 0 unspecified atom stereocenters. The molecule has 1 spiro atoms. The molecule has 2 aromatic rings. The number of fused-ring (bicyclic) bond motifs is 1. The lowest BCUT2D eigenvalue weighted by Crippen LogP contribution is -2.40. The molecular formula is C22H22ClNO7S. The molecule has 4 rings (SSSR count). The van der Waals surface area contributed by atoms with E-state index >= 15 is 0 Å². The Labute approximate surface area is 190 Å². The van der Waals surface area contributed by atoms with Crippen molar-refractivity contribution < 1.29 is 32.2 Å². The SMILES string of the molecule is CS(=O)(=O)c1cc(C(=O)OCC(=O)Nc2ccc3c(c2)OC2(CCCCC2)O3)ccc1Cl. The van der Waals surface area contributed by atoms with Crippen LogP contribution in [0.2, 0.25) is 5.02 Å². The van der Waals surface area contributed by atoms with E-state index in [0.29, 0.717) is 17.2 Å². The zero-order valence-corrected chi connectivity index (χ0v) is 18.9. The van der Waals surface area contributed by atoms with Crippen molar-refractivity contribution in [1.82, 2.24) is 0 Å². The molecule has 170 valence electrons. The molecule has 10 heteroatoms. The summed E-state index contributed by atoms with van der Waals surface area (Å²) in [7, 11) is -3.62. The largest absolute Gasteiger partial charge is 0.452 e. The van der Waals surface area contributed by atoms with Gasteiger partial charge in [-0.25, -0.2) is 13.2 Å². The van der Waals surface area contributed by atoms with Crippen LogP contribution in [0.15, 0.2) is 41.3 Å². The Morgan fingerprint density at radius 3 is 2.50 bits per heavy atom. The van der Waals surface area contributed by atoms with Crippen LogP contribution in [0.25, 0.3) is 0 Å². The number of hydrogen-bond donors (Lipinski definition) is 1. The van der Waals surface area contributed by atoms with Crippen LogP contribution >= 0.6 is 11.6 Å². The Kier molecular flexibility index (Phi) is 6.05. The third-order valence-electron chi connectivity index (χ3n) is 5.34. The summed E-state index contributed by atoms with van der Waals surface area (Å²) in [5.41, 5.74) is 0.454. The Hall–Kier alpha value is -2.78. The normalized spacial score (nSPS) is 16.6. The van der Waals surface area contributed by atoms with Gasteiger partial charge in [0.1, 0.15) is 0 Å². The summed E-state index contributed by atoms with van der Waals surface area (Å²) in [6.07, 6.45) is 5.88. The molecule has 0 bridgehead atoms. The molecule has 32 heavy (non-hydrogen) atoms. The fraction of sp³-hybridized carbons (Fsp3) is 0.364. The van der Waals surface area contributed by atoms with Crippen molar-refractivity contribution in [3.63, 3.8) is 0 Å². The van der Waals surface area contributed by atoms with Crippen LogP contribution in [0.1, 0.15) is 42.5 Å². The highest BCUT2D eigenvalue weighted by molar-refractivity contribution is 7.90. The second kappa shape index (κ2) is 8.63. The minimum absolute atomic E-state index is 0.000363. The third-order valence-corrected chi connectivity index (χ3v) is 6.91. The van der Waals surface area contributed by atoms with Gasteiger partial charge in [-0.15, -0.1) is 0 Å². The van der Waals surface area contributed by atoms with Crippen molar-refractivity contribution in [3.05, 3.63) is 47.0 Å². The summed E-state index contributed by atoms with van der Waals surface area (Å²) in [6, 6.07) is 8.84. The van der Waals surface area contributed by atoms with Crippen LogP contribution in [0, 0.1) is 0 Å². The van der Waals surface area contributed by atoms with E-state index in [1.807, 2.05) is 0 Å². The minimum Gasteiger partial charge on any atom is -0.452 e. The summed E-state index contributed by atoms with van der Waals surface area (Å²) in [5.74, 6) is -0.798. The number of anilines is 1. The van der Waals surface area contributed by atoms with E-state index in [1.165, 1.54) is 12.1 Å². The molecule has 2 aliphatic rings. The van der Waals surface area contributed by atoms with Gasteiger partial charge in [-0.1, -0.05) is 18.0 Å². The van der Waals surface area contributed by atoms with E-state index in [4.69, 9.17) is 25.8 Å². The van der Waals surface area contributed by atoms with Crippen molar-refractivity contribution in [3.8, 4) is 11.5 Å². The van der Waals surface area contributed by atoms with Crippen LogP contribution in [0.5, 0.6) is 11.5 Å². The van der Waals surface area contributed by atoms with Gasteiger partial charge in [0, 0.05) is 30.9 Å². The molecule has 1 N–H and O–H groups in total. The molecule has 0 saturated heterocycles. The van der Waals surface area contributed by atoms with Crippen LogP contribution in [-0.2, 0) is 19.4 Å². The van der Waals surface area contributed by atoms with Gasteiger partial charge in [-0.3, -0.25) is 4.79 Å². The Morgan fingerprint density at radius 1 is 1.06 bits per heavy atom. The van der Waals surface area contributed by atoms with E-state index in [1.54, 1.807) is 18.2 Å². The maximum atomic E-state index is 12.2. The first-order chi connectivity index (χ1) is 15.2. The number of benzene rings is 2. The maximum absolute atomic E-state index is 12.2.